The predicted octanol–water partition coefficient (Wildman–Crippen LogP) is 0.589. The van der Waals surface area contributed by atoms with Gasteiger partial charge in [-0.25, -0.2) is 0 Å². The van der Waals surface area contributed by atoms with Crippen molar-refractivity contribution in [1.82, 2.24) is 10.6 Å². The van der Waals surface area contributed by atoms with Gasteiger partial charge in [-0.05, 0) is 30.7 Å². The fraction of sp³-hybridized carbons (Fsp3) is 0.500. The first-order valence-corrected chi connectivity index (χ1v) is 7.49. The van der Waals surface area contributed by atoms with Crippen molar-refractivity contribution in [2.24, 2.45) is 11.7 Å². The third-order valence-corrected chi connectivity index (χ3v) is 3.98. The van der Waals surface area contributed by atoms with Crippen LogP contribution in [0.5, 0.6) is 0 Å². The van der Waals surface area contributed by atoms with Gasteiger partial charge in [-0.3, -0.25) is 9.59 Å². The molecule has 0 heterocycles. The Hall–Kier alpha value is -1.88. The summed E-state index contributed by atoms with van der Waals surface area (Å²) in [5.74, 6) is 0.0285. The van der Waals surface area contributed by atoms with Gasteiger partial charge in [0.05, 0.1) is 13.1 Å². The van der Waals surface area contributed by atoms with Gasteiger partial charge in [0.25, 0.3) is 0 Å². The van der Waals surface area contributed by atoms with Gasteiger partial charge in [0.1, 0.15) is 0 Å². The first-order valence-electron chi connectivity index (χ1n) is 7.49. The minimum Gasteiger partial charge on any atom is -0.352 e. The molecule has 2 amide bonds. The number of hydrogen-bond donors (Lipinski definition) is 3. The molecular weight excluding hydrogens is 266 g/mol. The highest BCUT2D eigenvalue weighted by molar-refractivity contribution is 5.85. The van der Waals surface area contributed by atoms with E-state index in [9.17, 15) is 9.59 Å². The lowest BCUT2D eigenvalue weighted by Gasteiger charge is -2.21. The summed E-state index contributed by atoms with van der Waals surface area (Å²) in [7, 11) is 0. The monoisotopic (exact) mass is 289 g/mol. The highest BCUT2D eigenvalue weighted by Gasteiger charge is 2.28. The van der Waals surface area contributed by atoms with Crippen molar-refractivity contribution >= 4 is 11.8 Å². The quantitative estimate of drug-likeness (QED) is 0.716. The Balaban J connectivity index is 1.81. The van der Waals surface area contributed by atoms with Crippen LogP contribution in [0.2, 0.25) is 0 Å². The number of carbonyl (C=O) groups excluding carboxylic acids is 2. The number of carbonyl (C=O) groups is 2. The van der Waals surface area contributed by atoms with Crippen molar-refractivity contribution in [1.29, 1.82) is 0 Å². The van der Waals surface area contributed by atoms with Crippen LogP contribution in [0.1, 0.15) is 24.8 Å². The fourth-order valence-corrected chi connectivity index (χ4v) is 2.90. The van der Waals surface area contributed by atoms with E-state index in [2.05, 4.69) is 22.8 Å². The summed E-state index contributed by atoms with van der Waals surface area (Å²) in [6.45, 7) is -0.0854. The van der Waals surface area contributed by atoms with E-state index < -0.39 is 0 Å². The second-order valence-electron chi connectivity index (χ2n) is 5.54. The summed E-state index contributed by atoms with van der Waals surface area (Å²) in [6.07, 6.45) is 4.27. The lowest BCUT2D eigenvalue weighted by molar-refractivity contribution is -0.125. The second kappa shape index (κ2) is 7.78. The van der Waals surface area contributed by atoms with Crippen molar-refractivity contribution in [3.05, 3.63) is 35.9 Å². The van der Waals surface area contributed by atoms with E-state index in [0.29, 0.717) is 5.92 Å². The van der Waals surface area contributed by atoms with E-state index in [-0.39, 0.29) is 30.9 Å². The molecule has 0 aliphatic heterocycles. The molecule has 114 valence electrons. The van der Waals surface area contributed by atoms with Crippen LogP contribution in [0, 0.1) is 5.92 Å². The Morgan fingerprint density at radius 3 is 2.62 bits per heavy atom. The van der Waals surface area contributed by atoms with Crippen LogP contribution in [0.3, 0.4) is 0 Å². The zero-order valence-electron chi connectivity index (χ0n) is 12.2. The normalized spacial score (nSPS) is 21.0. The van der Waals surface area contributed by atoms with Gasteiger partial charge in [0.2, 0.25) is 11.8 Å². The van der Waals surface area contributed by atoms with Crippen LogP contribution in [0.4, 0.5) is 0 Å². The molecule has 5 nitrogen and oxygen atoms in total. The molecule has 1 saturated carbocycles. The summed E-state index contributed by atoms with van der Waals surface area (Å²) in [5.41, 5.74) is 6.49. The number of amides is 2. The third-order valence-electron chi connectivity index (χ3n) is 3.98. The lowest BCUT2D eigenvalue weighted by Crippen LogP contribution is -2.44. The van der Waals surface area contributed by atoms with Crippen LogP contribution in [-0.2, 0) is 16.0 Å². The summed E-state index contributed by atoms with van der Waals surface area (Å²) < 4.78 is 0. The van der Waals surface area contributed by atoms with Gasteiger partial charge in [-0.1, -0.05) is 36.8 Å². The van der Waals surface area contributed by atoms with Crippen molar-refractivity contribution in [2.75, 3.05) is 13.1 Å². The first kappa shape index (κ1) is 15.5. The third kappa shape index (κ3) is 4.86. The lowest BCUT2D eigenvalue weighted by atomic mass is 9.94. The largest absolute Gasteiger partial charge is 0.352 e. The Morgan fingerprint density at radius 2 is 1.90 bits per heavy atom. The van der Waals surface area contributed by atoms with Crippen molar-refractivity contribution in [3.8, 4) is 0 Å². The smallest absolute Gasteiger partial charge is 0.239 e. The van der Waals surface area contributed by atoms with Gasteiger partial charge in [0, 0.05) is 6.04 Å². The van der Waals surface area contributed by atoms with Gasteiger partial charge in [-0.15, -0.1) is 0 Å². The molecule has 0 spiro atoms. The molecule has 21 heavy (non-hydrogen) atoms. The molecule has 0 bridgehead atoms. The van der Waals surface area contributed by atoms with E-state index in [4.69, 9.17) is 5.73 Å². The topological polar surface area (TPSA) is 84.2 Å². The van der Waals surface area contributed by atoms with E-state index in [1.807, 2.05) is 18.2 Å². The Bertz CT molecular complexity index is 476. The van der Waals surface area contributed by atoms with Crippen LogP contribution >= 0.6 is 0 Å². The molecule has 0 saturated heterocycles. The molecule has 1 aliphatic carbocycles. The minimum atomic E-state index is -0.308. The average Bonchev–Trinajstić information content (AvgIpc) is 2.93. The summed E-state index contributed by atoms with van der Waals surface area (Å²) in [6, 6.07) is 10.5. The summed E-state index contributed by atoms with van der Waals surface area (Å²) in [4.78, 5) is 22.9. The molecule has 2 atom stereocenters. The summed E-state index contributed by atoms with van der Waals surface area (Å²) in [5, 5.41) is 5.53. The minimum absolute atomic E-state index is 0.00455. The Morgan fingerprint density at radius 1 is 1.14 bits per heavy atom. The standard InChI is InChI=1S/C16H23N3O2/c17-10-15(20)18-11-16(21)19-14-8-4-7-13(14)9-12-5-2-1-3-6-12/h1-3,5-6,13-14H,4,7-11,17H2,(H,18,20)(H,19,21). The van der Waals surface area contributed by atoms with Crippen LogP contribution in [0.25, 0.3) is 0 Å². The van der Waals surface area contributed by atoms with Gasteiger partial charge < -0.3 is 16.4 Å². The second-order valence-corrected chi connectivity index (χ2v) is 5.54. The molecule has 1 aromatic rings. The average molecular weight is 289 g/mol. The number of nitrogens with two attached hydrogens (primary N) is 1. The molecule has 4 N–H and O–H groups in total. The number of hydrogen-bond acceptors (Lipinski definition) is 3. The van der Waals surface area contributed by atoms with Gasteiger partial charge >= 0.3 is 0 Å². The van der Waals surface area contributed by atoms with Crippen molar-refractivity contribution in [2.45, 2.75) is 31.7 Å². The van der Waals surface area contributed by atoms with E-state index in [1.54, 1.807) is 0 Å². The molecule has 1 fully saturated rings. The number of rotatable bonds is 6. The van der Waals surface area contributed by atoms with Gasteiger partial charge in [0.15, 0.2) is 0 Å². The highest BCUT2D eigenvalue weighted by Crippen LogP contribution is 2.28. The molecule has 5 heteroatoms. The maximum atomic E-state index is 11.9. The SMILES string of the molecule is NCC(=O)NCC(=O)NC1CCCC1Cc1ccccc1. The Kier molecular flexibility index (Phi) is 5.75. The molecule has 1 aliphatic rings. The zero-order chi connectivity index (χ0) is 15.1. The molecule has 2 unspecified atom stereocenters. The summed E-state index contributed by atoms with van der Waals surface area (Å²) >= 11 is 0. The maximum absolute atomic E-state index is 11.9. The molecular formula is C16H23N3O2. The molecule has 0 radical (unpaired) electrons. The van der Waals surface area contributed by atoms with Crippen LogP contribution in [0.15, 0.2) is 30.3 Å². The van der Waals surface area contributed by atoms with E-state index in [1.165, 1.54) is 5.56 Å². The van der Waals surface area contributed by atoms with E-state index >= 15 is 0 Å². The molecule has 2 rings (SSSR count). The van der Waals surface area contributed by atoms with Crippen LogP contribution < -0.4 is 16.4 Å². The first-order chi connectivity index (χ1) is 10.2. The zero-order valence-corrected chi connectivity index (χ0v) is 12.2. The van der Waals surface area contributed by atoms with Gasteiger partial charge in [-0.2, -0.15) is 0 Å². The number of nitrogens with one attached hydrogen (secondary N) is 2. The molecule has 0 aromatic heterocycles. The highest BCUT2D eigenvalue weighted by atomic mass is 16.2. The Labute approximate surface area is 125 Å². The van der Waals surface area contributed by atoms with Crippen molar-refractivity contribution < 1.29 is 9.59 Å². The van der Waals surface area contributed by atoms with Crippen molar-refractivity contribution in [3.63, 3.8) is 0 Å². The van der Waals surface area contributed by atoms with Crippen LogP contribution in [-0.4, -0.2) is 30.9 Å². The number of benzene rings is 1. The van der Waals surface area contributed by atoms with E-state index in [0.717, 1.165) is 25.7 Å². The fourth-order valence-electron chi connectivity index (χ4n) is 2.90. The predicted molar refractivity (Wildman–Crippen MR) is 81.5 cm³/mol. The maximum Gasteiger partial charge on any atom is 0.239 e. The molecule has 1 aromatic carbocycles.